The van der Waals surface area contributed by atoms with E-state index in [0.29, 0.717) is 5.92 Å². The Balaban J connectivity index is 1.39. The molecule has 0 aromatic carbocycles. The van der Waals surface area contributed by atoms with Gasteiger partial charge in [0.15, 0.2) is 0 Å². The number of rotatable bonds is 4. The number of aromatic amines is 1. The van der Waals surface area contributed by atoms with Gasteiger partial charge in [0.2, 0.25) is 0 Å². The minimum atomic E-state index is 0.479. The van der Waals surface area contributed by atoms with Crippen LogP contribution in [0.15, 0.2) is 31.0 Å². The molecule has 1 aliphatic heterocycles. The topological polar surface area (TPSA) is 62.6 Å². The molecule has 25 heavy (non-hydrogen) atoms. The minimum Gasteiger partial charge on any atom is -0.355 e. The second-order valence-corrected chi connectivity index (χ2v) is 7.46. The van der Waals surface area contributed by atoms with Crippen molar-refractivity contribution in [2.45, 2.75) is 44.6 Å². The van der Waals surface area contributed by atoms with Crippen molar-refractivity contribution in [3.8, 4) is 0 Å². The molecular weight excluding hydrogens is 312 g/mol. The predicted octanol–water partition coefficient (Wildman–Crippen LogP) is 3.34. The predicted molar refractivity (Wildman–Crippen MR) is 97.6 cm³/mol. The second kappa shape index (κ2) is 6.17. The number of aromatic nitrogens is 5. The van der Waals surface area contributed by atoms with Gasteiger partial charge in [-0.15, -0.1) is 0 Å². The van der Waals surface area contributed by atoms with Crippen molar-refractivity contribution in [2.75, 3.05) is 18.0 Å². The molecule has 2 aliphatic rings. The molecule has 0 bridgehead atoms. The van der Waals surface area contributed by atoms with Crippen LogP contribution < -0.4 is 4.90 Å². The van der Waals surface area contributed by atoms with Crippen LogP contribution in [0.2, 0.25) is 0 Å². The normalized spacial score (nSPS) is 21.6. The highest BCUT2D eigenvalue weighted by Gasteiger charge is 2.28. The summed E-state index contributed by atoms with van der Waals surface area (Å²) in [6.07, 6.45) is 14.3. The van der Waals surface area contributed by atoms with Gasteiger partial charge in [-0.05, 0) is 37.7 Å². The average Bonchev–Trinajstić information content (AvgIpc) is 3.27. The molecular formula is C19H24N6. The van der Waals surface area contributed by atoms with E-state index in [1.807, 2.05) is 12.4 Å². The highest BCUT2D eigenvalue weighted by atomic mass is 15.2. The molecule has 1 unspecified atom stereocenters. The van der Waals surface area contributed by atoms with Crippen molar-refractivity contribution >= 4 is 16.9 Å². The molecule has 6 heteroatoms. The van der Waals surface area contributed by atoms with Crippen LogP contribution in [0.4, 0.5) is 5.82 Å². The lowest BCUT2D eigenvalue weighted by molar-refractivity contribution is 0.270. The van der Waals surface area contributed by atoms with Crippen LogP contribution in [0.5, 0.6) is 0 Å². The number of imidazole rings is 1. The molecule has 1 N–H and O–H groups in total. The Kier molecular flexibility index (Phi) is 3.68. The maximum absolute atomic E-state index is 4.73. The zero-order valence-electron chi connectivity index (χ0n) is 14.4. The fourth-order valence-corrected chi connectivity index (χ4v) is 4.28. The van der Waals surface area contributed by atoms with Crippen molar-refractivity contribution in [2.24, 2.45) is 5.92 Å². The van der Waals surface area contributed by atoms with Gasteiger partial charge in [0.25, 0.3) is 0 Å². The van der Waals surface area contributed by atoms with Crippen LogP contribution in [0.1, 0.15) is 43.8 Å². The van der Waals surface area contributed by atoms with Gasteiger partial charge in [0.1, 0.15) is 23.6 Å². The molecule has 6 nitrogen and oxygen atoms in total. The van der Waals surface area contributed by atoms with E-state index in [4.69, 9.17) is 4.98 Å². The highest BCUT2D eigenvalue weighted by molar-refractivity contribution is 5.87. The first-order chi connectivity index (χ1) is 12.4. The first-order valence-corrected chi connectivity index (χ1v) is 9.42. The standard InChI is InChI=1S/C19H24N6/c1-3-14(4-1)11-25-10-8-21-18(25)15-5-2-9-24(12-15)19-16-6-7-20-17(16)22-13-23-19/h6-8,10,13-15H,1-5,9,11-12H2,(H,20,22,23). The lowest BCUT2D eigenvalue weighted by Gasteiger charge is -2.34. The molecule has 1 atom stereocenters. The van der Waals surface area contributed by atoms with E-state index >= 15 is 0 Å². The van der Waals surface area contributed by atoms with Gasteiger partial charge in [-0.2, -0.15) is 0 Å². The van der Waals surface area contributed by atoms with Gasteiger partial charge >= 0.3 is 0 Å². The van der Waals surface area contributed by atoms with Crippen LogP contribution in [0, 0.1) is 5.92 Å². The van der Waals surface area contributed by atoms with E-state index in [9.17, 15) is 0 Å². The summed E-state index contributed by atoms with van der Waals surface area (Å²) < 4.78 is 2.41. The molecule has 2 fully saturated rings. The largest absolute Gasteiger partial charge is 0.355 e. The Bertz CT molecular complexity index is 862. The highest BCUT2D eigenvalue weighted by Crippen LogP contribution is 2.33. The molecule has 130 valence electrons. The van der Waals surface area contributed by atoms with Crippen LogP contribution in [0.25, 0.3) is 11.0 Å². The Morgan fingerprint density at radius 3 is 2.96 bits per heavy atom. The average molecular weight is 336 g/mol. The number of nitrogens with one attached hydrogen (secondary N) is 1. The molecule has 0 amide bonds. The number of nitrogens with zero attached hydrogens (tertiary/aromatic N) is 5. The summed E-state index contributed by atoms with van der Waals surface area (Å²) in [5, 5.41) is 1.11. The van der Waals surface area contributed by atoms with Gasteiger partial charge < -0.3 is 14.5 Å². The van der Waals surface area contributed by atoms with E-state index in [1.165, 1.54) is 37.9 Å². The van der Waals surface area contributed by atoms with Gasteiger partial charge in [-0.25, -0.2) is 15.0 Å². The Hall–Kier alpha value is -2.37. The van der Waals surface area contributed by atoms with Crippen LogP contribution in [-0.2, 0) is 6.54 Å². The third-order valence-electron chi connectivity index (χ3n) is 5.85. The minimum absolute atomic E-state index is 0.479. The zero-order chi connectivity index (χ0) is 16.6. The van der Waals surface area contributed by atoms with Crippen LogP contribution in [-0.4, -0.2) is 37.6 Å². The van der Waals surface area contributed by atoms with Crippen molar-refractivity contribution in [1.82, 2.24) is 24.5 Å². The monoisotopic (exact) mass is 336 g/mol. The summed E-state index contributed by atoms with van der Waals surface area (Å²) in [4.78, 5) is 19.2. The Morgan fingerprint density at radius 2 is 2.08 bits per heavy atom. The Labute approximate surface area is 147 Å². The third kappa shape index (κ3) is 2.69. The number of fused-ring (bicyclic) bond motifs is 1. The number of hydrogen-bond donors (Lipinski definition) is 1. The van der Waals surface area contributed by atoms with Gasteiger partial charge in [-0.1, -0.05) is 6.42 Å². The zero-order valence-corrected chi connectivity index (χ0v) is 14.4. The van der Waals surface area contributed by atoms with Crippen molar-refractivity contribution in [3.63, 3.8) is 0 Å². The maximum atomic E-state index is 4.73. The fourth-order valence-electron chi connectivity index (χ4n) is 4.28. The molecule has 3 aromatic heterocycles. The van der Waals surface area contributed by atoms with E-state index in [2.05, 4.69) is 36.7 Å². The molecule has 0 radical (unpaired) electrons. The van der Waals surface area contributed by atoms with E-state index in [1.54, 1.807) is 6.33 Å². The van der Waals surface area contributed by atoms with Crippen molar-refractivity contribution < 1.29 is 0 Å². The maximum Gasteiger partial charge on any atom is 0.142 e. The SMILES string of the molecule is c1cn(CC2CCC2)c(C2CCCN(c3ncnc4[nH]ccc34)C2)n1. The van der Waals surface area contributed by atoms with Gasteiger partial charge in [0.05, 0.1) is 5.39 Å². The van der Waals surface area contributed by atoms with Crippen LogP contribution in [0.3, 0.4) is 0 Å². The number of H-pyrrole nitrogens is 1. The molecule has 1 saturated heterocycles. The second-order valence-electron chi connectivity index (χ2n) is 7.46. The molecule has 1 aliphatic carbocycles. The molecule has 1 saturated carbocycles. The smallest absolute Gasteiger partial charge is 0.142 e. The van der Waals surface area contributed by atoms with E-state index in [0.717, 1.165) is 42.4 Å². The lowest BCUT2D eigenvalue weighted by Crippen LogP contribution is -2.36. The summed E-state index contributed by atoms with van der Waals surface area (Å²) in [5.74, 6) is 3.64. The molecule has 4 heterocycles. The number of anilines is 1. The third-order valence-corrected chi connectivity index (χ3v) is 5.85. The van der Waals surface area contributed by atoms with E-state index < -0.39 is 0 Å². The van der Waals surface area contributed by atoms with Crippen LogP contribution >= 0.6 is 0 Å². The summed E-state index contributed by atoms with van der Waals surface area (Å²) >= 11 is 0. The number of piperidine rings is 1. The van der Waals surface area contributed by atoms with Crippen molar-refractivity contribution in [3.05, 3.63) is 36.8 Å². The number of hydrogen-bond acceptors (Lipinski definition) is 4. The molecule has 0 spiro atoms. The lowest BCUT2D eigenvalue weighted by atomic mass is 9.85. The summed E-state index contributed by atoms with van der Waals surface area (Å²) in [5.41, 5.74) is 0.915. The summed E-state index contributed by atoms with van der Waals surface area (Å²) in [6, 6.07) is 2.08. The first-order valence-electron chi connectivity index (χ1n) is 9.42. The fraction of sp³-hybridized carbons (Fsp3) is 0.526. The first kappa shape index (κ1) is 14.9. The van der Waals surface area contributed by atoms with Gasteiger partial charge in [-0.3, -0.25) is 0 Å². The summed E-state index contributed by atoms with van der Waals surface area (Å²) in [6.45, 7) is 3.18. The quantitative estimate of drug-likeness (QED) is 0.794. The summed E-state index contributed by atoms with van der Waals surface area (Å²) in [7, 11) is 0. The van der Waals surface area contributed by atoms with E-state index in [-0.39, 0.29) is 0 Å². The van der Waals surface area contributed by atoms with Crippen molar-refractivity contribution in [1.29, 1.82) is 0 Å². The molecule has 5 rings (SSSR count). The molecule has 3 aromatic rings. The Morgan fingerprint density at radius 1 is 1.12 bits per heavy atom. The van der Waals surface area contributed by atoms with Gasteiger partial charge in [0, 0.05) is 44.1 Å².